The molecule has 0 radical (unpaired) electrons. The van der Waals surface area contributed by atoms with Crippen LogP contribution in [0.5, 0.6) is 0 Å². The molecule has 110 valence electrons. The highest BCUT2D eigenvalue weighted by atomic mass is 32.1. The highest BCUT2D eigenvalue weighted by molar-refractivity contribution is 7.80. The van der Waals surface area contributed by atoms with Crippen LogP contribution < -0.4 is 11.2 Å². The lowest BCUT2D eigenvalue weighted by atomic mass is 10.1. The molecule has 0 aliphatic rings. The van der Waals surface area contributed by atoms with Crippen LogP contribution in [0.2, 0.25) is 0 Å². The van der Waals surface area contributed by atoms with Crippen LogP contribution in [-0.2, 0) is 0 Å². The topological polar surface area (TPSA) is 50.4 Å². The van der Waals surface area contributed by atoms with Crippen LogP contribution in [0.4, 0.5) is 0 Å². The third-order valence-electron chi connectivity index (χ3n) is 2.79. The molecule has 0 aliphatic carbocycles. The fourth-order valence-electron chi connectivity index (χ4n) is 1.74. The molecule has 0 saturated heterocycles. The zero-order valence-corrected chi connectivity index (χ0v) is 12.8. The van der Waals surface area contributed by atoms with Gasteiger partial charge in [-0.1, -0.05) is 72.8 Å². The van der Waals surface area contributed by atoms with Gasteiger partial charge in [0.05, 0.1) is 5.71 Å². The molecular formula is C18H17N3S. The van der Waals surface area contributed by atoms with E-state index in [-0.39, 0.29) is 5.11 Å². The van der Waals surface area contributed by atoms with Crippen LogP contribution in [0, 0.1) is 0 Å². The van der Waals surface area contributed by atoms with Crippen molar-refractivity contribution in [3.63, 3.8) is 0 Å². The van der Waals surface area contributed by atoms with Gasteiger partial charge in [0.1, 0.15) is 0 Å². The molecule has 4 heteroatoms. The van der Waals surface area contributed by atoms with Gasteiger partial charge in [-0.3, -0.25) is 5.43 Å². The number of rotatable bonds is 5. The largest absolute Gasteiger partial charge is 0.375 e. The van der Waals surface area contributed by atoms with Gasteiger partial charge in [0.15, 0.2) is 5.11 Å². The monoisotopic (exact) mass is 307 g/mol. The summed E-state index contributed by atoms with van der Waals surface area (Å²) in [6.07, 6.45) is 7.77. The molecule has 0 saturated carbocycles. The predicted octanol–water partition coefficient (Wildman–Crippen LogP) is 3.60. The van der Waals surface area contributed by atoms with Crippen molar-refractivity contribution in [3.8, 4) is 0 Å². The number of allylic oxidation sites excluding steroid dienone is 2. The summed E-state index contributed by atoms with van der Waals surface area (Å²) < 4.78 is 0. The molecule has 0 spiro atoms. The Hall–Kier alpha value is -2.72. The molecule has 0 atom stereocenters. The quantitative estimate of drug-likeness (QED) is 0.504. The summed E-state index contributed by atoms with van der Waals surface area (Å²) in [6, 6.07) is 20.0. The van der Waals surface area contributed by atoms with E-state index in [9.17, 15) is 0 Å². The van der Waals surface area contributed by atoms with Gasteiger partial charge in [-0.05, 0) is 35.5 Å². The van der Waals surface area contributed by atoms with E-state index in [1.54, 1.807) is 0 Å². The fraction of sp³-hybridized carbons (Fsp3) is 0. The van der Waals surface area contributed by atoms with Crippen LogP contribution in [0.25, 0.3) is 12.2 Å². The minimum Gasteiger partial charge on any atom is -0.375 e. The molecule has 22 heavy (non-hydrogen) atoms. The number of benzene rings is 2. The average Bonchev–Trinajstić information content (AvgIpc) is 2.56. The molecule has 0 heterocycles. The molecule has 2 aromatic carbocycles. The van der Waals surface area contributed by atoms with Crippen molar-refractivity contribution in [2.24, 2.45) is 10.8 Å². The van der Waals surface area contributed by atoms with Crippen LogP contribution in [0.3, 0.4) is 0 Å². The van der Waals surface area contributed by atoms with E-state index < -0.39 is 0 Å². The first-order valence-corrected chi connectivity index (χ1v) is 7.24. The minimum atomic E-state index is 0.138. The van der Waals surface area contributed by atoms with Crippen LogP contribution >= 0.6 is 12.2 Å². The Morgan fingerprint density at radius 2 is 1.32 bits per heavy atom. The zero-order valence-electron chi connectivity index (χ0n) is 12.0. The zero-order chi connectivity index (χ0) is 15.6. The minimum absolute atomic E-state index is 0.138. The summed E-state index contributed by atoms with van der Waals surface area (Å²) in [5, 5.41) is 4.32. The van der Waals surface area contributed by atoms with Crippen molar-refractivity contribution >= 4 is 35.2 Å². The molecule has 0 aliphatic heterocycles. The molecule has 3 nitrogen and oxygen atoms in total. The molecular weight excluding hydrogens is 290 g/mol. The van der Waals surface area contributed by atoms with E-state index in [0.717, 1.165) is 16.8 Å². The SMILES string of the molecule is NC(=S)NN=C(C=Cc1ccccc1)C=Cc1ccccc1. The second-order valence-electron chi connectivity index (χ2n) is 4.50. The van der Waals surface area contributed by atoms with Gasteiger partial charge in [0.2, 0.25) is 0 Å². The second-order valence-corrected chi connectivity index (χ2v) is 4.94. The summed E-state index contributed by atoms with van der Waals surface area (Å²) >= 11 is 4.78. The first-order valence-electron chi connectivity index (χ1n) is 6.83. The number of nitrogens with zero attached hydrogens (tertiary/aromatic N) is 1. The maximum Gasteiger partial charge on any atom is 0.184 e. The van der Waals surface area contributed by atoms with Gasteiger partial charge in [-0.2, -0.15) is 5.10 Å². The molecule has 0 aromatic heterocycles. The van der Waals surface area contributed by atoms with E-state index in [2.05, 4.69) is 10.5 Å². The summed E-state index contributed by atoms with van der Waals surface area (Å²) in [4.78, 5) is 0. The average molecular weight is 307 g/mol. The summed E-state index contributed by atoms with van der Waals surface area (Å²) in [6.45, 7) is 0. The van der Waals surface area contributed by atoms with Crippen molar-refractivity contribution in [1.29, 1.82) is 0 Å². The molecule has 3 N–H and O–H groups in total. The standard InChI is InChI=1S/C18H17N3S/c19-18(22)21-20-17(13-11-15-7-3-1-4-8-15)14-12-16-9-5-2-6-10-16/h1-14H,(H3,19,21,22). The van der Waals surface area contributed by atoms with Gasteiger partial charge >= 0.3 is 0 Å². The van der Waals surface area contributed by atoms with Gasteiger partial charge in [0, 0.05) is 0 Å². The smallest absolute Gasteiger partial charge is 0.184 e. The molecule has 2 rings (SSSR count). The van der Waals surface area contributed by atoms with Gasteiger partial charge in [-0.25, -0.2) is 0 Å². The van der Waals surface area contributed by atoms with E-state index in [4.69, 9.17) is 18.0 Å². The molecule has 0 fully saturated rings. The van der Waals surface area contributed by atoms with Crippen molar-refractivity contribution < 1.29 is 0 Å². The van der Waals surface area contributed by atoms with E-state index in [0.29, 0.717) is 0 Å². The van der Waals surface area contributed by atoms with E-state index in [1.165, 1.54) is 0 Å². The Bertz CT molecular complexity index is 637. The normalized spacial score (nSPS) is 10.7. The maximum atomic E-state index is 5.42. The maximum absolute atomic E-state index is 5.42. The Morgan fingerprint density at radius 3 is 1.73 bits per heavy atom. The molecule has 0 amide bonds. The number of nitrogens with one attached hydrogen (secondary N) is 1. The van der Waals surface area contributed by atoms with Crippen LogP contribution in [0.1, 0.15) is 11.1 Å². The van der Waals surface area contributed by atoms with E-state index in [1.807, 2.05) is 85.0 Å². The van der Waals surface area contributed by atoms with Crippen molar-refractivity contribution in [3.05, 3.63) is 83.9 Å². The van der Waals surface area contributed by atoms with Gasteiger partial charge < -0.3 is 5.73 Å². The number of nitrogens with two attached hydrogens (primary N) is 1. The summed E-state index contributed by atoms with van der Waals surface area (Å²) in [7, 11) is 0. The van der Waals surface area contributed by atoms with Crippen LogP contribution in [-0.4, -0.2) is 10.8 Å². The Kier molecular flexibility index (Phi) is 6.08. The van der Waals surface area contributed by atoms with Gasteiger partial charge in [0.25, 0.3) is 0 Å². The first-order chi connectivity index (χ1) is 10.7. The van der Waals surface area contributed by atoms with Crippen LogP contribution in [0.15, 0.2) is 77.9 Å². The summed E-state index contributed by atoms with van der Waals surface area (Å²) in [5.41, 5.74) is 10.9. The Balaban J connectivity index is 2.16. The molecule has 0 bridgehead atoms. The first kappa shape index (κ1) is 15.7. The van der Waals surface area contributed by atoms with Crippen molar-refractivity contribution in [2.75, 3.05) is 0 Å². The predicted molar refractivity (Wildman–Crippen MR) is 98.3 cm³/mol. The molecule has 0 unspecified atom stereocenters. The highest BCUT2D eigenvalue weighted by Gasteiger charge is 1.92. The third-order valence-corrected chi connectivity index (χ3v) is 2.88. The number of thiocarbonyl (C=S) groups is 1. The lowest BCUT2D eigenvalue weighted by Gasteiger charge is -1.98. The van der Waals surface area contributed by atoms with Crippen molar-refractivity contribution in [1.82, 2.24) is 5.43 Å². The third kappa shape index (κ3) is 5.73. The Morgan fingerprint density at radius 1 is 0.864 bits per heavy atom. The number of hydrazone groups is 1. The van der Waals surface area contributed by atoms with E-state index >= 15 is 0 Å². The molecule has 2 aromatic rings. The Labute approximate surface area is 135 Å². The van der Waals surface area contributed by atoms with Gasteiger partial charge in [-0.15, -0.1) is 0 Å². The summed E-state index contributed by atoms with van der Waals surface area (Å²) in [5.74, 6) is 0. The lowest BCUT2D eigenvalue weighted by molar-refractivity contribution is 1.04. The number of hydrogen-bond donors (Lipinski definition) is 2. The number of hydrogen-bond acceptors (Lipinski definition) is 2. The second kappa shape index (κ2) is 8.54. The fourth-order valence-corrected chi connectivity index (χ4v) is 1.79. The lowest BCUT2D eigenvalue weighted by Crippen LogP contribution is -2.24. The highest BCUT2D eigenvalue weighted by Crippen LogP contribution is 2.04. The van der Waals surface area contributed by atoms with Crippen molar-refractivity contribution in [2.45, 2.75) is 0 Å².